The van der Waals surface area contributed by atoms with E-state index in [1.807, 2.05) is 24.3 Å². The molecule has 2 atom stereocenters. The Labute approximate surface area is 396 Å². The highest BCUT2D eigenvalue weighted by molar-refractivity contribution is 6.73. The Kier molecular flexibility index (Phi) is 18.1. The van der Waals surface area contributed by atoms with Crippen molar-refractivity contribution in [2.45, 2.75) is 75.7 Å². The van der Waals surface area contributed by atoms with Gasteiger partial charge in [-0.15, -0.1) is 0 Å². The lowest BCUT2D eigenvalue weighted by molar-refractivity contribution is -0.137. The number of hydrogen-bond acceptors (Lipinski definition) is 7. The SMILES string of the molecule is CC(C)(C)[Si](C)(C)ON.CN(C)C(=O)N1CC(c2cc(F)ccc2F)=CC1(CCC(=O)NO)c1ccccc1.CN(C)C(=O)N1CC(c2cc(F)ccc2F)=CC1(CCC(=O)O)c1ccccc1. The molecule has 6 rings (SSSR count). The molecule has 2 heterocycles. The predicted molar refractivity (Wildman–Crippen MR) is 255 cm³/mol. The summed E-state index contributed by atoms with van der Waals surface area (Å²) in [6, 6.07) is 23.7. The van der Waals surface area contributed by atoms with Crippen molar-refractivity contribution in [1.82, 2.24) is 25.1 Å². The number of amides is 5. The number of carbonyl (C=O) groups excluding carboxylic acids is 3. The highest BCUT2D eigenvalue weighted by Crippen LogP contribution is 2.46. The molecule has 0 aromatic heterocycles. The van der Waals surface area contributed by atoms with E-state index in [9.17, 15) is 41.8 Å². The summed E-state index contributed by atoms with van der Waals surface area (Å²) in [4.78, 5) is 55.1. The molecule has 366 valence electrons. The van der Waals surface area contributed by atoms with Gasteiger partial charge in [0.15, 0.2) is 0 Å². The molecule has 2 aliphatic rings. The fraction of sp³-hybridized carbons (Fsp3) is 0.360. The van der Waals surface area contributed by atoms with Crippen LogP contribution in [0.2, 0.25) is 18.1 Å². The average Bonchev–Trinajstić information content (AvgIpc) is 3.90. The molecular formula is C50H62F4N6O7Si. The van der Waals surface area contributed by atoms with E-state index in [1.165, 1.54) is 19.6 Å². The first-order valence-corrected chi connectivity index (χ1v) is 24.7. The van der Waals surface area contributed by atoms with Crippen LogP contribution in [0.5, 0.6) is 0 Å². The highest BCUT2D eigenvalue weighted by Gasteiger charge is 2.47. The summed E-state index contributed by atoms with van der Waals surface area (Å²) in [5.41, 5.74) is 1.87. The Balaban J connectivity index is 0.000000252. The smallest absolute Gasteiger partial charge is 0.320 e. The summed E-state index contributed by atoms with van der Waals surface area (Å²) in [5, 5.41) is 18.5. The third-order valence-electron chi connectivity index (χ3n) is 12.4. The van der Waals surface area contributed by atoms with Crippen LogP contribution in [-0.2, 0) is 25.2 Å². The zero-order valence-corrected chi connectivity index (χ0v) is 40.9. The van der Waals surface area contributed by atoms with Gasteiger partial charge in [-0.3, -0.25) is 14.8 Å². The van der Waals surface area contributed by atoms with E-state index in [4.69, 9.17) is 15.6 Å². The minimum atomic E-state index is -1.60. The van der Waals surface area contributed by atoms with Crippen LogP contribution in [0.3, 0.4) is 0 Å². The second-order valence-electron chi connectivity index (χ2n) is 18.5. The van der Waals surface area contributed by atoms with Crippen molar-refractivity contribution in [3.05, 3.63) is 155 Å². The Morgan fingerprint density at radius 2 is 1.07 bits per heavy atom. The van der Waals surface area contributed by atoms with Gasteiger partial charge >= 0.3 is 18.0 Å². The predicted octanol–water partition coefficient (Wildman–Crippen LogP) is 9.51. The number of nitrogens with one attached hydrogen (secondary N) is 1. The lowest BCUT2D eigenvalue weighted by Crippen LogP contribution is -2.50. The molecule has 2 aliphatic heterocycles. The van der Waals surface area contributed by atoms with E-state index in [-0.39, 0.29) is 67.0 Å². The standard InChI is InChI=1S/C22H23F2N3O3.C22H22F2N2O3.C6H17NOSi/c1-26(2)21(29)27-14-15(18-12-17(23)8-9-19(18)24)13-22(27,11-10-20(28)25-30)16-6-4-3-5-7-16;1-25(2)21(29)26-14-15(18-12-17(23)8-9-19(18)24)13-22(26,11-10-20(27)28)16-6-4-3-5-7-16;1-6(2,3)9(4,5)8-7/h3-9,12-13,30H,10-11,14H2,1-2H3,(H,25,28);3-9,12-13H,10-11,14H2,1-2H3,(H,27,28);7H2,1-5H3. The maximum absolute atomic E-state index is 14.5. The number of carbonyl (C=O) groups is 4. The summed E-state index contributed by atoms with van der Waals surface area (Å²) in [6.07, 6.45) is 3.38. The van der Waals surface area contributed by atoms with Crippen LogP contribution in [0.25, 0.3) is 11.1 Å². The summed E-state index contributed by atoms with van der Waals surface area (Å²) in [7, 11) is 4.78. The first-order valence-electron chi connectivity index (χ1n) is 21.8. The normalized spacial score (nSPS) is 17.8. The van der Waals surface area contributed by atoms with Crippen LogP contribution in [-0.4, -0.2) is 103 Å². The van der Waals surface area contributed by atoms with Gasteiger partial charge in [-0.1, -0.05) is 81.4 Å². The van der Waals surface area contributed by atoms with Gasteiger partial charge in [-0.05, 0) is 102 Å². The number of hydrogen-bond donors (Lipinski definition) is 4. The molecule has 5 amide bonds. The molecule has 4 aromatic rings. The van der Waals surface area contributed by atoms with Crippen LogP contribution < -0.4 is 11.4 Å². The number of urea groups is 2. The highest BCUT2D eigenvalue weighted by atomic mass is 28.4. The van der Waals surface area contributed by atoms with Gasteiger partial charge in [0, 0.05) is 65.2 Å². The molecule has 5 N–H and O–H groups in total. The van der Waals surface area contributed by atoms with Crippen molar-refractivity contribution in [3.63, 3.8) is 0 Å². The van der Waals surface area contributed by atoms with Gasteiger partial charge in [0.1, 0.15) is 23.3 Å². The molecule has 2 unspecified atom stereocenters. The van der Waals surface area contributed by atoms with Crippen LogP contribution in [0.4, 0.5) is 27.2 Å². The number of benzene rings is 4. The van der Waals surface area contributed by atoms with Crippen molar-refractivity contribution in [1.29, 1.82) is 0 Å². The summed E-state index contributed by atoms with van der Waals surface area (Å²) in [5.74, 6) is 1.17. The minimum Gasteiger partial charge on any atom is -0.481 e. The number of carboxylic acids is 1. The first-order chi connectivity index (χ1) is 31.8. The summed E-state index contributed by atoms with van der Waals surface area (Å²) in [6.45, 7) is 10.8. The van der Waals surface area contributed by atoms with Crippen molar-refractivity contribution < 1.29 is 51.6 Å². The van der Waals surface area contributed by atoms with E-state index in [1.54, 1.807) is 82.2 Å². The minimum absolute atomic E-state index is 0.0336. The fourth-order valence-corrected chi connectivity index (χ4v) is 8.04. The first kappa shape index (κ1) is 54.3. The second kappa shape index (κ2) is 22.6. The molecule has 68 heavy (non-hydrogen) atoms. The average molecular weight is 963 g/mol. The Morgan fingerprint density at radius 1 is 0.691 bits per heavy atom. The van der Waals surface area contributed by atoms with Gasteiger partial charge in [-0.25, -0.2) is 38.5 Å². The Morgan fingerprint density at radius 3 is 1.38 bits per heavy atom. The molecule has 0 spiro atoms. The zero-order valence-electron chi connectivity index (χ0n) is 39.9. The van der Waals surface area contributed by atoms with Gasteiger partial charge < -0.3 is 29.2 Å². The molecule has 0 radical (unpaired) electrons. The summed E-state index contributed by atoms with van der Waals surface area (Å²) < 4.78 is 61.5. The molecule has 0 aliphatic carbocycles. The maximum Gasteiger partial charge on any atom is 0.320 e. The zero-order chi connectivity index (χ0) is 50.8. The van der Waals surface area contributed by atoms with Crippen molar-refractivity contribution in [2.24, 2.45) is 5.90 Å². The number of halogens is 4. The van der Waals surface area contributed by atoms with Crippen molar-refractivity contribution >= 4 is 43.4 Å². The molecule has 0 saturated heterocycles. The van der Waals surface area contributed by atoms with E-state index in [2.05, 4.69) is 33.9 Å². The van der Waals surface area contributed by atoms with E-state index in [0.717, 1.165) is 42.0 Å². The molecule has 4 aromatic carbocycles. The molecular weight excluding hydrogens is 901 g/mol. The monoisotopic (exact) mass is 962 g/mol. The summed E-state index contributed by atoms with van der Waals surface area (Å²) >= 11 is 0. The van der Waals surface area contributed by atoms with Crippen LogP contribution >= 0.6 is 0 Å². The Hall–Kier alpha value is -6.34. The number of hydroxylamine groups is 1. The topological polar surface area (TPSA) is 169 Å². The van der Waals surface area contributed by atoms with E-state index in [0.29, 0.717) is 16.7 Å². The van der Waals surface area contributed by atoms with E-state index < -0.39 is 54.5 Å². The van der Waals surface area contributed by atoms with Gasteiger partial charge in [0.25, 0.3) is 0 Å². The number of nitrogens with zero attached hydrogens (tertiary/aromatic N) is 4. The third-order valence-corrected chi connectivity index (χ3v) is 16.6. The number of nitrogens with two attached hydrogens (primary N) is 1. The molecule has 0 saturated carbocycles. The molecule has 0 fully saturated rings. The molecule has 13 nitrogen and oxygen atoms in total. The van der Waals surface area contributed by atoms with Crippen LogP contribution in [0.1, 0.15) is 68.7 Å². The molecule has 0 bridgehead atoms. The fourth-order valence-electron chi connectivity index (χ4n) is 7.69. The number of carboxylic acid groups (broad SMARTS) is 1. The largest absolute Gasteiger partial charge is 0.481 e. The van der Waals surface area contributed by atoms with Gasteiger partial charge in [0.05, 0.1) is 11.1 Å². The van der Waals surface area contributed by atoms with Gasteiger partial charge in [-0.2, -0.15) is 0 Å². The van der Waals surface area contributed by atoms with E-state index >= 15 is 0 Å². The third kappa shape index (κ3) is 12.6. The number of aliphatic carboxylic acids is 1. The van der Waals surface area contributed by atoms with Crippen molar-refractivity contribution in [3.8, 4) is 0 Å². The quantitative estimate of drug-likeness (QED) is 0.0499. The lowest BCUT2D eigenvalue weighted by Gasteiger charge is -2.39. The van der Waals surface area contributed by atoms with Crippen LogP contribution in [0.15, 0.2) is 109 Å². The Bertz CT molecular complexity index is 2490. The second-order valence-corrected chi connectivity index (χ2v) is 23.3. The lowest BCUT2D eigenvalue weighted by atomic mass is 9.84. The van der Waals surface area contributed by atoms with Crippen molar-refractivity contribution in [2.75, 3.05) is 41.3 Å². The van der Waals surface area contributed by atoms with Gasteiger partial charge in [0.2, 0.25) is 14.2 Å². The molecule has 18 heteroatoms. The number of rotatable bonds is 11. The maximum atomic E-state index is 14.5. The van der Waals surface area contributed by atoms with Crippen LogP contribution in [0, 0.1) is 23.3 Å².